The van der Waals surface area contributed by atoms with Crippen molar-refractivity contribution in [2.75, 3.05) is 0 Å². The molecule has 0 saturated carbocycles. The molecule has 3 heterocycles. The highest BCUT2D eigenvalue weighted by molar-refractivity contribution is 6.23. The first kappa shape index (κ1) is 22.3. The van der Waals surface area contributed by atoms with Gasteiger partial charge in [-0.15, -0.1) is 0 Å². The van der Waals surface area contributed by atoms with Crippen molar-refractivity contribution in [3.8, 4) is 34.0 Å². The molecule has 0 amide bonds. The fourth-order valence-corrected chi connectivity index (χ4v) is 5.92. The number of furan rings is 1. The minimum Gasteiger partial charge on any atom is -0.455 e. The van der Waals surface area contributed by atoms with Gasteiger partial charge in [0.15, 0.2) is 0 Å². The van der Waals surface area contributed by atoms with Crippen molar-refractivity contribution in [3.63, 3.8) is 0 Å². The Morgan fingerprint density at radius 2 is 1.45 bits per heavy atom. The number of hydrogen-bond acceptors (Lipinski definition) is 3. The molecule has 0 aliphatic carbocycles. The molecule has 0 fully saturated rings. The molecule has 0 bridgehead atoms. The van der Waals surface area contributed by atoms with Gasteiger partial charge in [0.05, 0.1) is 22.0 Å². The topological polar surface area (TPSA) is 54.8 Å². The summed E-state index contributed by atoms with van der Waals surface area (Å²) in [6.45, 7) is 0. The summed E-state index contributed by atoms with van der Waals surface area (Å²) in [4.78, 5) is 4.08. The molecular formula is C36H21N3O. The average Bonchev–Trinajstić information content (AvgIpc) is 3.57. The number of fused-ring (bicyclic) bond motifs is 7. The van der Waals surface area contributed by atoms with Crippen LogP contribution in [0.5, 0.6) is 0 Å². The summed E-state index contributed by atoms with van der Waals surface area (Å²) < 4.78 is 8.77. The zero-order valence-corrected chi connectivity index (χ0v) is 21.4. The van der Waals surface area contributed by atoms with Crippen molar-refractivity contribution >= 4 is 43.7 Å². The highest BCUT2D eigenvalue weighted by Gasteiger charge is 2.18. The van der Waals surface area contributed by atoms with E-state index in [1.807, 2.05) is 18.2 Å². The van der Waals surface area contributed by atoms with E-state index >= 15 is 0 Å². The van der Waals surface area contributed by atoms with Crippen molar-refractivity contribution in [1.82, 2.24) is 9.55 Å². The van der Waals surface area contributed by atoms with Gasteiger partial charge in [0.25, 0.3) is 0 Å². The molecule has 0 aliphatic rings. The second kappa shape index (κ2) is 8.69. The van der Waals surface area contributed by atoms with Gasteiger partial charge in [0, 0.05) is 39.8 Å². The van der Waals surface area contributed by atoms with Crippen LogP contribution in [0.4, 0.5) is 0 Å². The van der Waals surface area contributed by atoms with Crippen molar-refractivity contribution < 1.29 is 4.42 Å². The van der Waals surface area contributed by atoms with E-state index < -0.39 is 0 Å². The van der Waals surface area contributed by atoms with E-state index in [1.54, 1.807) is 12.4 Å². The molecule has 8 aromatic rings. The maximum absolute atomic E-state index is 9.48. The maximum atomic E-state index is 9.48. The van der Waals surface area contributed by atoms with E-state index in [4.69, 9.17) is 4.42 Å². The molecule has 0 atom stereocenters. The molecule has 3 aromatic heterocycles. The monoisotopic (exact) mass is 511 g/mol. The third-order valence-electron chi connectivity index (χ3n) is 7.76. The van der Waals surface area contributed by atoms with Crippen LogP contribution >= 0.6 is 0 Å². The summed E-state index contributed by atoms with van der Waals surface area (Å²) in [7, 11) is 0. The van der Waals surface area contributed by atoms with Crippen molar-refractivity contribution in [1.29, 1.82) is 5.26 Å². The Kier molecular flexibility index (Phi) is 4.85. The summed E-state index contributed by atoms with van der Waals surface area (Å²) in [5.41, 5.74) is 9.85. The average molecular weight is 512 g/mol. The van der Waals surface area contributed by atoms with E-state index in [1.165, 1.54) is 5.39 Å². The Balaban J connectivity index is 1.30. The number of benzene rings is 5. The van der Waals surface area contributed by atoms with Crippen LogP contribution in [0.2, 0.25) is 0 Å². The highest BCUT2D eigenvalue weighted by atomic mass is 16.3. The van der Waals surface area contributed by atoms with E-state index in [0.717, 1.165) is 66.3 Å². The van der Waals surface area contributed by atoms with Crippen LogP contribution in [0.15, 0.2) is 132 Å². The van der Waals surface area contributed by atoms with E-state index in [-0.39, 0.29) is 0 Å². The van der Waals surface area contributed by atoms with Crippen LogP contribution in [0.3, 0.4) is 0 Å². The van der Waals surface area contributed by atoms with Gasteiger partial charge in [0.2, 0.25) is 0 Å². The maximum Gasteiger partial charge on any atom is 0.145 e. The molecule has 4 nitrogen and oxygen atoms in total. The number of para-hydroxylation sites is 2. The van der Waals surface area contributed by atoms with Gasteiger partial charge >= 0.3 is 0 Å². The number of aromatic nitrogens is 2. The van der Waals surface area contributed by atoms with Crippen molar-refractivity contribution in [2.24, 2.45) is 0 Å². The predicted molar refractivity (Wildman–Crippen MR) is 161 cm³/mol. The highest BCUT2D eigenvalue weighted by Crippen LogP contribution is 2.40. The zero-order valence-electron chi connectivity index (χ0n) is 21.4. The second-order valence-corrected chi connectivity index (χ2v) is 9.95. The number of nitrogens with zero attached hydrogens (tertiary/aromatic N) is 3. The lowest BCUT2D eigenvalue weighted by Gasteiger charge is -2.11. The number of nitriles is 1. The van der Waals surface area contributed by atoms with Crippen LogP contribution in [-0.2, 0) is 0 Å². The SMILES string of the molecule is N#Cc1cnccc1-c1ccc(-c2cccc(-n3c4ccccc4c4c5oc6ccccc6c5ccc43)c2)cc1. The Morgan fingerprint density at radius 3 is 2.33 bits per heavy atom. The van der Waals surface area contributed by atoms with Crippen LogP contribution in [0.25, 0.3) is 71.7 Å². The first-order chi connectivity index (χ1) is 19.8. The number of rotatable bonds is 3. The Bertz CT molecular complexity index is 2280. The number of pyridine rings is 1. The van der Waals surface area contributed by atoms with E-state index in [9.17, 15) is 5.26 Å². The van der Waals surface area contributed by atoms with Gasteiger partial charge < -0.3 is 8.98 Å². The minimum absolute atomic E-state index is 0.571. The van der Waals surface area contributed by atoms with Gasteiger partial charge in [-0.05, 0) is 59.2 Å². The summed E-state index contributed by atoms with van der Waals surface area (Å²) in [5.74, 6) is 0. The quantitative estimate of drug-likeness (QED) is 0.237. The van der Waals surface area contributed by atoms with E-state index in [2.05, 4.69) is 113 Å². The number of hydrogen-bond donors (Lipinski definition) is 0. The van der Waals surface area contributed by atoms with Crippen LogP contribution < -0.4 is 0 Å². The van der Waals surface area contributed by atoms with Crippen LogP contribution in [0.1, 0.15) is 5.56 Å². The van der Waals surface area contributed by atoms with E-state index in [0.29, 0.717) is 5.56 Å². The third kappa shape index (κ3) is 3.28. The third-order valence-corrected chi connectivity index (χ3v) is 7.76. The molecular weight excluding hydrogens is 490 g/mol. The largest absolute Gasteiger partial charge is 0.455 e. The van der Waals surface area contributed by atoms with Gasteiger partial charge in [0.1, 0.15) is 17.2 Å². The Morgan fingerprint density at radius 1 is 0.650 bits per heavy atom. The predicted octanol–water partition coefficient (Wildman–Crippen LogP) is 9.28. The Labute approximate surface area is 230 Å². The summed E-state index contributed by atoms with van der Waals surface area (Å²) in [6.07, 6.45) is 3.33. The standard InChI is InChI=1S/C36H21N3O/c37-21-26-22-38-19-18-28(26)24-14-12-23(13-15-24)25-6-5-7-27(20-25)39-32-10-3-1-9-31(32)35-33(39)17-16-30-29-8-2-4-11-34(29)40-36(30)35/h1-20,22H. The molecule has 186 valence electrons. The normalized spacial score (nSPS) is 11.5. The summed E-state index contributed by atoms with van der Waals surface area (Å²) >= 11 is 0. The van der Waals surface area contributed by atoms with Crippen LogP contribution in [0, 0.1) is 11.3 Å². The molecule has 4 heteroatoms. The molecule has 0 aliphatic heterocycles. The molecule has 0 unspecified atom stereocenters. The van der Waals surface area contributed by atoms with Gasteiger partial charge in [-0.1, -0.05) is 72.8 Å². The zero-order chi connectivity index (χ0) is 26.6. The molecule has 0 radical (unpaired) electrons. The molecule has 0 saturated heterocycles. The first-order valence-electron chi connectivity index (χ1n) is 13.2. The first-order valence-corrected chi connectivity index (χ1v) is 13.2. The van der Waals surface area contributed by atoms with Gasteiger partial charge in [-0.2, -0.15) is 5.26 Å². The molecule has 5 aromatic carbocycles. The van der Waals surface area contributed by atoms with Crippen LogP contribution in [-0.4, -0.2) is 9.55 Å². The minimum atomic E-state index is 0.571. The molecule has 0 N–H and O–H groups in total. The summed E-state index contributed by atoms with van der Waals surface area (Å²) in [6, 6.07) is 42.3. The molecule has 0 spiro atoms. The fourth-order valence-electron chi connectivity index (χ4n) is 5.92. The van der Waals surface area contributed by atoms with Crippen molar-refractivity contribution in [2.45, 2.75) is 0 Å². The smallest absolute Gasteiger partial charge is 0.145 e. The lowest BCUT2D eigenvalue weighted by atomic mass is 9.98. The lowest BCUT2D eigenvalue weighted by molar-refractivity contribution is 0.673. The summed E-state index contributed by atoms with van der Waals surface area (Å²) in [5, 5.41) is 14.0. The fraction of sp³-hybridized carbons (Fsp3) is 0. The van der Waals surface area contributed by atoms with Gasteiger partial charge in [-0.25, -0.2) is 0 Å². The second-order valence-electron chi connectivity index (χ2n) is 9.95. The Hall–Kier alpha value is -5.66. The molecule has 40 heavy (non-hydrogen) atoms. The van der Waals surface area contributed by atoms with Crippen molar-refractivity contribution in [3.05, 3.63) is 133 Å². The lowest BCUT2D eigenvalue weighted by Crippen LogP contribution is -1.94. The molecule has 8 rings (SSSR count). The van der Waals surface area contributed by atoms with Gasteiger partial charge in [-0.3, -0.25) is 4.98 Å².